The van der Waals surface area contributed by atoms with Gasteiger partial charge in [-0.15, -0.1) is 0 Å². The van der Waals surface area contributed by atoms with Crippen molar-refractivity contribution >= 4 is 38.4 Å². The Morgan fingerprint density at radius 3 is 2.74 bits per heavy atom. The van der Waals surface area contributed by atoms with E-state index in [0.29, 0.717) is 16.8 Å². The highest BCUT2D eigenvalue weighted by Gasteiger charge is 2.07. The highest BCUT2D eigenvalue weighted by molar-refractivity contribution is 9.10. The van der Waals surface area contributed by atoms with Gasteiger partial charge in [0.15, 0.2) is 0 Å². The Kier molecular flexibility index (Phi) is 3.31. The standard InChI is InChI=1S/C13H7BrClN3O/c14-8-1-3-11-10(5-8)13(18-7-17-11)19-9-2-4-12(15)16-6-9/h1-7H. The lowest BCUT2D eigenvalue weighted by molar-refractivity contribution is 0.466. The summed E-state index contributed by atoms with van der Waals surface area (Å²) in [6, 6.07) is 9.13. The number of pyridine rings is 1. The average molecular weight is 337 g/mol. The van der Waals surface area contributed by atoms with E-state index in [0.717, 1.165) is 15.4 Å². The highest BCUT2D eigenvalue weighted by Crippen LogP contribution is 2.28. The maximum atomic E-state index is 5.73. The SMILES string of the molecule is Clc1ccc(Oc2ncnc3ccc(Br)cc23)cn1. The molecule has 0 bridgehead atoms. The van der Waals surface area contributed by atoms with E-state index >= 15 is 0 Å². The topological polar surface area (TPSA) is 47.9 Å². The molecular formula is C13H7BrClN3O. The molecule has 0 fully saturated rings. The van der Waals surface area contributed by atoms with Crippen LogP contribution in [0, 0.1) is 0 Å². The summed E-state index contributed by atoms with van der Waals surface area (Å²) in [7, 11) is 0. The fraction of sp³-hybridized carbons (Fsp3) is 0. The molecule has 2 heterocycles. The normalized spacial score (nSPS) is 10.6. The molecule has 0 unspecified atom stereocenters. The van der Waals surface area contributed by atoms with Gasteiger partial charge in [-0.3, -0.25) is 0 Å². The van der Waals surface area contributed by atoms with Crippen LogP contribution in [0.25, 0.3) is 10.9 Å². The van der Waals surface area contributed by atoms with E-state index in [1.54, 1.807) is 18.3 Å². The van der Waals surface area contributed by atoms with E-state index < -0.39 is 0 Å². The van der Waals surface area contributed by atoms with E-state index in [1.165, 1.54) is 6.33 Å². The van der Waals surface area contributed by atoms with Gasteiger partial charge in [-0.2, -0.15) is 0 Å². The van der Waals surface area contributed by atoms with E-state index in [2.05, 4.69) is 30.9 Å². The van der Waals surface area contributed by atoms with Gasteiger partial charge in [-0.25, -0.2) is 15.0 Å². The van der Waals surface area contributed by atoms with Gasteiger partial charge in [0.1, 0.15) is 17.2 Å². The summed E-state index contributed by atoms with van der Waals surface area (Å²) in [6.45, 7) is 0. The molecule has 0 radical (unpaired) electrons. The van der Waals surface area contributed by atoms with Gasteiger partial charge >= 0.3 is 0 Å². The van der Waals surface area contributed by atoms with E-state index in [-0.39, 0.29) is 0 Å². The van der Waals surface area contributed by atoms with Gasteiger partial charge in [0.2, 0.25) is 5.88 Å². The number of nitrogens with zero attached hydrogens (tertiary/aromatic N) is 3. The Balaban J connectivity index is 2.05. The van der Waals surface area contributed by atoms with Crippen LogP contribution in [-0.2, 0) is 0 Å². The monoisotopic (exact) mass is 335 g/mol. The molecule has 4 nitrogen and oxygen atoms in total. The third-order valence-electron chi connectivity index (χ3n) is 2.48. The number of ether oxygens (including phenoxy) is 1. The third kappa shape index (κ3) is 2.67. The summed E-state index contributed by atoms with van der Waals surface area (Å²) in [5.41, 5.74) is 0.815. The predicted octanol–water partition coefficient (Wildman–Crippen LogP) is 4.23. The van der Waals surface area contributed by atoms with Crippen LogP contribution in [0.4, 0.5) is 0 Å². The van der Waals surface area contributed by atoms with Crippen molar-refractivity contribution in [2.45, 2.75) is 0 Å². The predicted molar refractivity (Wildman–Crippen MR) is 76.6 cm³/mol. The number of aromatic nitrogens is 3. The largest absolute Gasteiger partial charge is 0.437 e. The minimum absolute atomic E-state index is 0.419. The Morgan fingerprint density at radius 1 is 1.05 bits per heavy atom. The summed E-state index contributed by atoms with van der Waals surface area (Å²) in [5, 5.41) is 1.24. The molecule has 3 rings (SSSR count). The minimum Gasteiger partial charge on any atom is -0.437 e. The van der Waals surface area contributed by atoms with Crippen LogP contribution in [0.1, 0.15) is 0 Å². The molecule has 0 aliphatic heterocycles. The average Bonchev–Trinajstić information content (AvgIpc) is 2.42. The zero-order chi connectivity index (χ0) is 13.2. The summed E-state index contributed by atoms with van der Waals surface area (Å²) in [4.78, 5) is 12.3. The zero-order valence-electron chi connectivity index (χ0n) is 9.55. The molecule has 0 atom stereocenters. The summed E-state index contributed by atoms with van der Waals surface area (Å²) >= 11 is 9.15. The second-order valence-electron chi connectivity index (χ2n) is 3.76. The Morgan fingerprint density at radius 2 is 1.95 bits per heavy atom. The van der Waals surface area contributed by atoms with Gasteiger partial charge in [-0.05, 0) is 30.3 Å². The molecule has 0 amide bonds. The van der Waals surface area contributed by atoms with Crippen LogP contribution in [-0.4, -0.2) is 15.0 Å². The zero-order valence-corrected chi connectivity index (χ0v) is 11.9. The Bertz CT molecular complexity index is 734. The maximum absolute atomic E-state index is 5.73. The van der Waals surface area contributed by atoms with Crippen molar-refractivity contribution in [3.63, 3.8) is 0 Å². The lowest BCUT2D eigenvalue weighted by Gasteiger charge is -2.07. The first kappa shape index (κ1) is 12.3. The molecule has 0 N–H and O–H groups in total. The first-order valence-corrected chi connectivity index (χ1v) is 6.59. The molecule has 0 saturated heterocycles. The van der Waals surface area contributed by atoms with Crippen LogP contribution < -0.4 is 4.74 Å². The first-order valence-electron chi connectivity index (χ1n) is 5.42. The van der Waals surface area contributed by atoms with Crippen molar-refractivity contribution in [2.24, 2.45) is 0 Å². The molecule has 2 aromatic heterocycles. The second kappa shape index (κ2) is 5.11. The number of rotatable bonds is 2. The van der Waals surface area contributed by atoms with Crippen molar-refractivity contribution < 1.29 is 4.74 Å². The fourth-order valence-corrected chi connectivity index (χ4v) is 2.09. The summed E-state index contributed by atoms with van der Waals surface area (Å²) in [6.07, 6.45) is 3.02. The fourth-order valence-electron chi connectivity index (χ4n) is 1.62. The molecule has 19 heavy (non-hydrogen) atoms. The molecular weight excluding hydrogens is 330 g/mol. The van der Waals surface area contributed by atoms with Gasteiger partial charge in [-0.1, -0.05) is 27.5 Å². The molecule has 0 spiro atoms. The van der Waals surface area contributed by atoms with Crippen LogP contribution in [0.2, 0.25) is 5.15 Å². The van der Waals surface area contributed by atoms with Crippen molar-refractivity contribution in [1.82, 2.24) is 15.0 Å². The van der Waals surface area contributed by atoms with E-state index in [1.807, 2.05) is 18.2 Å². The smallest absolute Gasteiger partial charge is 0.230 e. The van der Waals surface area contributed by atoms with E-state index in [9.17, 15) is 0 Å². The number of halogens is 2. The van der Waals surface area contributed by atoms with Crippen molar-refractivity contribution in [3.8, 4) is 11.6 Å². The van der Waals surface area contributed by atoms with Gasteiger partial charge in [0.05, 0.1) is 17.1 Å². The third-order valence-corrected chi connectivity index (χ3v) is 3.19. The maximum Gasteiger partial charge on any atom is 0.230 e. The molecule has 3 aromatic rings. The van der Waals surface area contributed by atoms with Crippen molar-refractivity contribution in [2.75, 3.05) is 0 Å². The van der Waals surface area contributed by atoms with Crippen molar-refractivity contribution in [1.29, 1.82) is 0 Å². The molecule has 94 valence electrons. The summed E-state index contributed by atoms with van der Waals surface area (Å²) in [5.74, 6) is 1.06. The van der Waals surface area contributed by atoms with E-state index in [4.69, 9.17) is 16.3 Å². The number of hydrogen-bond acceptors (Lipinski definition) is 4. The lowest BCUT2D eigenvalue weighted by Crippen LogP contribution is -1.91. The molecule has 0 aliphatic rings. The molecule has 0 aliphatic carbocycles. The van der Waals surface area contributed by atoms with Crippen LogP contribution >= 0.6 is 27.5 Å². The van der Waals surface area contributed by atoms with Gasteiger partial charge < -0.3 is 4.74 Å². The molecule has 1 aromatic carbocycles. The van der Waals surface area contributed by atoms with Gasteiger partial charge in [0, 0.05) is 4.47 Å². The van der Waals surface area contributed by atoms with Crippen LogP contribution in [0.3, 0.4) is 0 Å². The van der Waals surface area contributed by atoms with Crippen LogP contribution in [0.5, 0.6) is 11.6 Å². The Hall–Kier alpha value is -1.72. The minimum atomic E-state index is 0.419. The lowest BCUT2D eigenvalue weighted by atomic mass is 10.2. The number of fused-ring (bicyclic) bond motifs is 1. The summed E-state index contributed by atoms with van der Waals surface area (Å²) < 4.78 is 6.65. The number of benzene rings is 1. The number of hydrogen-bond donors (Lipinski definition) is 0. The molecule has 0 saturated carbocycles. The van der Waals surface area contributed by atoms with Crippen LogP contribution in [0.15, 0.2) is 47.3 Å². The first-order chi connectivity index (χ1) is 9.22. The molecule has 6 heteroatoms. The highest BCUT2D eigenvalue weighted by atomic mass is 79.9. The second-order valence-corrected chi connectivity index (χ2v) is 5.06. The Labute approximate surface area is 122 Å². The van der Waals surface area contributed by atoms with Crippen molar-refractivity contribution in [3.05, 3.63) is 52.5 Å². The quantitative estimate of drug-likeness (QED) is 0.657. The van der Waals surface area contributed by atoms with Gasteiger partial charge in [0.25, 0.3) is 0 Å².